The van der Waals surface area contributed by atoms with Gasteiger partial charge in [-0.05, 0) is 37.1 Å². The summed E-state index contributed by atoms with van der Waals surface area (Å²) in [6, 6.07) is 18.1. The molecule has 0 radical (unpaired) electrons. The Morgan fingerprint density at radius 3 is 2.45 bits per heavy atom. The van der Waals surface area contributed by atoms with Crippen molar-refractivity contribution < 1.29 is 18.9 Å². The fraction of sp³-hybridized carbons (Fsp3) is 0.538. The summed E-state index contributed by atoms with van der Waals surface area (Å²) >= 11 is 0. The van der Waals surface area contributed by atoms with E-state index in [9.17, 15) is 0 Å². The average molecular weight is 428 g/mol. The van der Waals surface area contributed by atoms with Gasteiger partial charge in [0.05, 0.1) is 13.2 Å². The average Bonchev–Trinajstić information content (AvgIpc) is 2.81. The monoisotopic (exact) mass is 427 g/mol. The van der Waals surface area contributed by atoms with Crippen LogP contribution in [-0.2, 0) is 16.1 Å². The second kappa shape index (κ2) is 13.4. The molecular weight excluding hydrogens is 390 g/mol. The van der Waals surface area contributed by atoms with Crippen LogP contribution in [0.4, 0.5) is 0 Å². The highest BCUT2D eigenvalue weighted by molar-refractivity contribution is 5.40. The van der Waals surface area contributed by atoms with Crippen molar-refractivity contribution in [1.29, 1.82) is 0 Å². The summed E-state index contributed by atoms with van der Waals surface area (Å²) in [5.74, 6) is 1.55. The summed E-state index contributed by atoms with van der Waals surface area (Å²) in [4.78, 5) is 2.50. The summed E-state index contributed by atoms with van der Waals surface area (Å²) in [5.41, 5.74) is 1.14. The zero-order valence-electron chi connectivity index (χ0n) is 19.0. The Kier molecular flexibility index (Phi) is 10.2. The van der Waals surface area contributed by atoms with Gasteiger partial charge < -0.3 is 23.8 Å². The molecule has 0 aliphatic carbocycles. The van der Waals surface area contributed by atoms with Crippen molar-refractivity contribution in [1.82, 2.24) is 4.90 Å². The second-order valence-corrected chi connectivity index (χ2v) is 8.08. The van der Waals surface area contributed by atoms with Crippen LogP contribution in [0.3, 0.4) is 0 Å². The quantitative estimate of drug-likeness (QED) is 0.424. The Labute approximate surface area is 187 Å². The minimum absolute atomic E-state index is 0.000701. The van der Waals surface area contributed by atoms with Gasteiger partial charge in [0.15, 0.2) is 11.5 Å². The predicted octanol–water partition coefficient (Wildman–Crippen LogP) is 4.94. The van der Waals surface area contributed by atoms with E-state index in [-0.39, 0.29) is 12.2 Å². The Balaban J connectivity index is 1.62. The maximum atomic E-state index is 6.47. The number of ether oxygens (including phenoxy) is 4. The van der Waals surface area contributed by atoms with E-state index in [4.69, 9.17) is 18.9 Å². The molecule has 0 unspecified atom stereocenters. The smallest absolute Gasteiger partial charge is 0.161 e. The molecule has 1 saturated heterocycles. The normalized spacial score (nSPS) is 19.3. The van der Waals surface area contributed by atoms with E-state index in [1.165, 1.54) is 19.3 Å². The number of rotatable bonds is 13. The largest absolute Gasteiger partial charge is 0.485 e. The minimum Gasteiger partial charge on any atom is -0.485 e. The van der Waals surface area contributed by atoms with Gasteiger partial charge >= 0.3 is 0 Å². The van der Waals surface area contributed by atoms with E-state index in [0.717, 1.165) is 43.1 Å². The number of piperidine rings is 1. The third kappa shape index (κ3) is 7.84. The van der Waals surface area contributed by atoms with Gasteiger partial charge in [-0.25, -0.2) is 0 Å². The number of likely N-dealkylation sites (tertiary alicyclic amines) is 1. The first kappa shape index (κ1) is 23.6. The number of nitrogens with zero attached hydrogens (tertiary/aromatic N) is 1. The van der Waals surface area contributed by atoms with Crippen LogP contribution in [0.5, 0.6) is 11.5 Å². The molecule has 5 nitrogen and oxygen atoms in total. The molecule has 1 heterocycles. The van der Waals surface area contributed by atoms with E-state index in [0.29, 0.717) is 19.8 Å². The Hall–Kier alpha value is -2.08. The minimum atomic E-state index is 0.000701. The maximum absolute atomic E-state index is 6.47. The van der Waals surface area contributed by atoms with Gasteiger partial charge in [0.2, 0.25) is 0 Å². The zero-order valence-corrected chi connectivity index (χ0v) is 19.0. The van der Waals surface area contributed by atoms with Crippen molar-refractivity contribution in [3.63, 3.8) is 0 Å². The van der Waals surface area contributed by atoms with Crippen molar-refractivity contribution in [3.05, 3.63) is 60.2 Å². The number of para-hydroxylation sites is 2. The fourth-order valence-electron chi connectivity index (χ4n) is 3.89. The third-order valence-corrected chi connectivity index (χ3v) is 5.64. The highest BCUT2D eigenvalue weighted by atomic mass is 16.6. The molecule has 0 bridgehead atoms. The van der Waals surface area contributed by atoms with Gasteiger partial charge in [0.25, 0.3) is 0 Å². The second-order valence-electron chi connectivity index (χ2n) is 8.08. The molecule has 0 saturated carbocycles. The molecule has 0 spiro atoms. The molecule has 5 heteroatoms. The third-order valence-electron chi connectivity index (χ3n) is 5.64. The first-order chi connectivity index (χ1) is 15.3. The maximum Gasteiger partial charge on any atom is 0.161 e. The lowest BCUT2D eigenvalue weighted by Crippen LogP contribution is -2.50. The topological polar surface area (TPSA) is 40.2 Å². The number of methoxy groups -OCH3 is 1. The van der Waals surface area contributed by atoms with Gasteiger partial charge in [-0.2, -0.15) is 0 Å². The van der Waals surface area contributed by atoms with Crippen LogP contribution in [0.1, 0.15) is 38.2 Å². The molecule has 170 valence electrons. The molecule has 1 aliphatic heterocycles. The van der Waals surface area contributed by atoms with Gasteiger partial charge in [-0.3, -0.25) is 0 Å². The molecule has 0 N–H and O–H groups in total. The Morgan fingerprint density at radius 2 is 1.68 bits per heavy atom. The molecule has 0 amide bonds. The van der Waals surface area contributed by atoms with Gasteiger partial charge in [0.1, 0.15) is 18.8 Å². The summed E-state index contributed by atoms with van der Waals surface area (Å²) < 4.78 is 23.9. The summed E-state index contributed by atoms with van der Waals surface area (Å²) in [6.45, 7) is 6.99. The van der Waals surface area contributed by atoms with E-state index in [1.54, 1.807) is 7.11 Å². The first-order valence-electron chi connectivity index (χ1n) is 11.6. The van der Waals surface area contributed by atoms with Crippen LogP contribution in [0, 0.1) is 0 Å². The molecule has 0 aromatic heterocycles. The van der Waals surface area contributed by atoms with Crippen molar-refractivity contribution in [2.75, 3.05) is 40.0 Å². The summed E-state index contributed by atoms with van der Waals surface area (Å²) in [6.07, 6.45) is 4.72. The lowest BCUT2D eigenvalue weighted by molar-refractivity contribution is -0.0800. The standard InChI is InChI=1S/C26H37NO4/c1-3-4-10-16-27-17-15-25(26(20-27)29-19-18-28-2)31-24-14-9-8-13-23(24)30-21-22-11-6-5-7-12-22/h5-9,11-14,25-26H,3-4,10,15-21H2,1-2H3/t25-,26-/m1/s1. The van der Waals surface area contributed by atoms with Crippen LogP contribution >= 0.6 is 0 Å². The molecule has 2 aromatic carbocycles. The van der Waals surface area contributed by atoms with E-state index in [2.05, 4.69) is 24.0 Å². The van der Waals surface area contributed by atoms with Crippen LogP contribution in [0.15, 0.2) is 54.6 Å². The molecule has 2 aromatic rings. The molecule has 1 aliphatic rings. The molecule has 31 heavy (non-hydrogen) atoms. The Morgan fingerprint density at radius 1 is 0.903 bits per heavy atom. The number of hydrogen-bond donors (Lipinski definition) is 0. The van der Waals surface area contributed by atoms with Crippen LogP contribution in [0.2, 0.25) is 0 Å². The van der Waals surface area contributed by atoms with E-state index < -0.39 is 0 Å². The van der Waals surface area contributed by atoms with Crippen molar-refractivity contribution in [2.45, 2.75) is 51.4 Å². The first-order valence-corrected chi connectivity index (χ1v) is 11.6. The molecule has 3 rings (SSSR count). The highest BCUT2D eigenvalue weighted by Crippen LogP contribution is 2.31. The number of unbranched alkanes of at least 4 members (excludes halogenated alkanes) is 2. The van der Waals surface area contributed by atoms with Crippen molar-refractivity contribution >= 4 is 0 Å². The van der Waals surface area contributed by atoms with Crippen LogP contribution in [0.25, 0.3) is 0 Å². The van der Waals surface area contributed by atoms with Gasteiger partial charge in [-0.1, -0.05) is 62.2 Å². The number of hydrogen-bond acceptors (Lipinski definition) is 5. The molecule has 2 atom stereocenters. The summed E-state index contributed by atoms with van der Waals surface area (Å²) in [5, 5.41) is 0. The lowest BCUT2D eigenvalue weighted by Gasteiger charge is -2.38. The van der Waals surface area contributed by atoms with Crippen LogP contribution in [-0.4, -0.2) is 57.1 Å². The zero-order chi connectivity index (χ0) is 21.7. The highest BCUT2D eigenvalue weighted by Gasteiger charge is 2.32. The molecular formula is C26H37NO4. The number of benzene rings is 2. The SMILES string of the molecule is CCCCCN1CC[C@@H](Oc2ccccc2OCc2ccccc2)[C@H](OCCOC)C1. The Bertz CT molecular complexity index is 739. The fourth-order valence-corrected chi connectivity index (χ4v) is 3.89. The van der Waals surface area contributed by atoms with Gasteiger partial charge in [-0.15, -0.1) is 0 Å². The van der Waals surface area contributed by atoms with Crippen molar-refractivity contribution in [3.8, 4) is 11.5 Å². The lowest BCUT2D eigenvalue weighted by atomic mass is 10.0. The predicted molar refractivity (Wildman–Crippen MR) is 124 cm³/mol. The van der Waals surface area contributed by atoms with E-state index in [1.807, 2.05) is 42.5 Å². The van der Waals surface area contributed by atoms with Crippen molar-refractivity contribution in [2.24, 2.45) is 0 Å². The van der Waals surface area contributed by atoms with E-state index >= 15 is 0 Å². The summed E-state index contributed by atoms with van der Waals surface area (Å²) in [7, 11) is 1.70. The molecule has 1 fully saturated rings. The van der Waals surface area contributed by atoms with Gasteiger partial charge in [0, 0.05) is 20.2 Å². The van der Waals surface area contributed by atoms with Crippen LogP contribution < -0.4 is 9.47 Å².